The molecule has 88 valence electrons. The molecule has 0 saturated carbocycles. The van der Waals surface area contributed by atoms with Gasteiger partial charge in [0.15, 0.2) is 0 Å². The van der Waals surface area contributed by atoms with Crippen molar-refractivity contribution in [1.29, 1.82) is 0 Å². The van der Waals surface area contributed by atoms with Crippen LogP contribution in [0.25, 0.3) is 0 Å². The van der Waals surface area contributed by atoms with Gasteiger partial charge in [0, 0.05) is 32.1 Å². The lowest BCUT2D eigenvalue weighted by atomic mass is 9.98. The van der Waals surface area contributed by atoms with Crippen LogP contribution >= 0.6 is 0 Å². The zero-order valence-electron chi connectivity index (χ0n) is 9.22. The summed E-state index contributed by atoms with van der Waals surface area (Å²) in [6, 6.07) is 0. The van der Waals surface area contributed by atoms with Crippen molar-refractivity contribution in [2.24, 2.45) is 0 Å². The van der Waals surface area contributed by atoms with Crippen molar-refractivity contribution in [3.05, 3.63) is 18.2 Å². The van der Waals surface area contributed by atoms with Crippen molar-refractivity contribution in [3.63, 3.8) is 0 Å². The van der Waals surface area contributed by atoms with Crippen LogP contribution in [-0.4, -0.2) is 33.7 Å². The molecule has 2 heterocycles. The molecule has 0 bridgehead atoms. The molecule has 1 aliphatic heterocycles. The van der Waals surface area contributed by atoms with Gasteiger partial charge in [0.1, 0.15) is 5.82 Å². The minimum atomic E-state index is -0.123. The SMILES string of the molecule is O=C(NCCCO)C1CCCn2ccnc21. The minimum Gasteiger partial charge on any atom is -0.396 e. The lowest BCUT2D eigenvalue weighted by Crippen LogP contribution is -2.33. The first-order valence-corrected chi connectivity index (χ1v) is 5.72. The van der Waals surface area contributed by atoms with Crippen molar-refractivity contribution in [1.82, 2.24) is 14.9 Å². The molecule has 1 aromatic heterocycles. The number of carbonyl (C=O) groups excluding carboxylic acids is 1. The van der Waals surface area contributed by atoms with E-state index in [0.717, 1.165) is 25.2 Å². The highest BCUT2D eigenvalue weighted by Gasteiger charge is 2.27. The molecule has 0 aliphatic carbocycles. The van der Waals surface area contributed by atoms with E-state index < -0.39 is 0 Å². The van der Waals surface area contributed by atoms with E-state index in [4.69, 9.17) is 5.11 Å². The molecule has 2 N–H and O–H groups in total. The number of nitrogens with one attached hydrogen (secondary N) is 1. The number of aromatic nitrogens is 2. The van der Waals surface area contributed by atoms with Crippen molar-refractivity contribution in [3.8, 4) is 0 Å². The third kappa shape index (κ3) is 2.24. The molecule has 5 nitrogen and oxygen atoms in total. The van der Waals surface area contributed by atoms with E-state index in [1.807, 2.05) is 10.8 Å². The molecule has 0 radical (unpaired) electrons. The Bertz CT molecular complexity index is 362. The summed E-state index contributed by atoms with van der Waals surface area (Å²) in [5, 5.41) is 11.5. The average Bonchev–Trinajstić information content (AvgIpc) is 2.76. The third-order valence-corrected chi connectivity index (χ3v) is 2.90. The smallest absolute Gasteiger partial charge is 0.230 e. The summed E-state index contributed by atoms with van der Waals surface area (Å²) in [6.45, 7) is 1.60. The molecule has 1 unspecified atom stereocenters. The van der Waals surface area contributed by atoms with E-state index in [-0.39, 0.29) is 18.4 Å². The van der Waals surface area contributed by atoms with Crippen LogP contribution in [0.4, 0.5) is 0 Å². The van der Waals surface area contributed by atoms with Gasteiger partial charge in [-0.15, -0.1) is 0 Å². The molecule has 0 spiro atoms. The van der Waals surface area contributed by atoms with Crippen LogP contribution in [0.1, 0.15) is 31.0 Å². The maximum Gasteiger partial charge on any atom is 0.230 e. The number of amides is 1. The number of hydrogen-bond acceptors (Lipinski definition) is 3. The second kappa shape index (κ2) is 5.12. The van der Waals surface area contributed by atoms with Crippen LogP contribution in [0.5, 0.6) is 0 Å². The fourth-order valence-electron chi connectivity index (χ4n) is 2.08. The quantitative estimate of drug-likeness (QED) is 0.719. The first-order chi connectivity index (χ1) is 7.83. The van der Waals surface area contributed by atoms with E-state index in [9.17, 15) is 4.79 Å². The Morgan fingerprint density at radius 1 is 1.69 bits per heavy atom. The number of imidazole rings is 1. The van der Waals surface area contributed by atoms with Gasteiger partial charge in [0.25, 0.3) is 0 Å². The van der Waals surface area contributed by atoms with Crippen LogP contribution in [-0.2, 0) is 11.3 Å². The minimum absolute atomic E-state index is 0.0283. The number of hydrogen-bond donors (Lipinski definition) is 2. The predicted octanol–water partition coefficient (Wildman–Crippen LogP) is 0.259. The first-order valence-electron chi connectivity index (χ1n) is 5.72. The monoisotopic (exact) mass is 223 g/mol. The number of carbonyl (C=O) groups is 1. The number of rotatable bonds is 4. The molecule has 1 aromatic rings. The molecule has 1 aliphatic rings. The zero-order valence-corrected chi connectivity index (χ0v) is 9.22. The van der Waals surface area contributed by atoms with Gasteiger partial charge in [-0.2, -0.15) is 0 Å². The molecule has 2 rings (SSSR count). The van der Waals surface area contributed by atoms with E-state index in [0.29, 0.717) is 13.0 Å². The molecule has 1 atom stereocenters. The summed E-state index contributed by atoms with van der Waals surface area (Å²) in [5.74, 6) is 0.774. The Kier molecular flexibility index (Phi) is 3.56. The second-order valence-corrected chi connectivity index (χ2v) is 4.04. The largest absolute Gasteiger partial charge is 0.396 e. The maximum absolute atomic E-state index is 11.9. The molecule has 0 fully saturated rings. The summed E-state index contributed by atoms with van der Waals surface area (Å²) in [6.07, 6.45) is 6.15. The van der Waals surface area contributed by atoms with Crippen molar-refractivity contribution in [2.75, 3.05) is 13.2 Å². The number of fused-ring (bicyclic) bond motifs is 1. The third-order valence-electron chi connectivity index (χ3n) is 2.90. The number of aliphatic hydroxyl groups is 1. The lowest BCUT2D eigenvalue weighted by Gasteiger charge is -2.22. The Labute approximate surface area is 94.5 Å². The Morgan fingerprint density at radius 3 is 3.38 bits per heavy atom. The summed E-state index contributed by atoms with van der Waals surface area (Å²) < 4.78 is 2.04. The van der Waals surface area contributed by atoms with Gasteiger partial charge in [-0.1, -0.05) is 0 Å². The fraction of sp³-hybridized carbons (Fsp3) is 0.636. The van der Waals surface area contributed by atoms with E-state index >= 15 is 0 Å². The van der Waals surface area contributed by atoms with E-state index in [2.05, 4.69) is 10.3 Å². The molecule has 5 heteroatoms. The fourth-order valence-corrected chi connectivity index (χ4v) is 2.08. The second-order valence-electron chi connectivity index (χ2n) is 4.04. The van der Waals surface area contributed by atoms with E-state index in [1.54, 1.807) is 6.20 Å². The average molecular weight is 223 g/mol. The standard InChI is InChI=1S/C11H17N3O2/c15-8-2-4-13-11(16)9-3-1-6-14-7-5-12-10(9)14/h5,7,9,15H,1-4,6,8H2,(H,13,16). The van der Waals surface area contributed by atoms with Gasteiger partial charge >= 0.3 is 0 Å². The normalized spacial score (nSPS) is 19.2. The highest BCUT2D eigenvalue weighted by Crippen LogP contribution is 2.25. The van der Waals surface area contributed by atoms with Crippen molar-refractivity contribution >= 4 is 5.91 Å². The molecular weight excluding hydrogens is 206 g/mol. The van der Waals surface area contributed by atoms with Gasteiger partial charge < -0.3 is 15.0 Å². The van der Waals surface area contributed by atoms with Gasteiger partial charge in [0.2, 0.25) is 5.91 Å². The van der Waals surface area contributed by atoms with Gasteiger partial charge in [0.05, 0.1) is 5.92 Å². The molecule has 1 amide bonds. The molecule has 0 saturated heterocycles. The highest BCUT2D eigenvalue weighted by molar-refractivity contribution is 5.82. The van der Waals surface area contributed by atoms with Crippen LogP contribution in [0.2, 0.25) is 0 Å². The number of aliphatic hydroxyl groups excluding tert-OH is 1. The Balaban J connectivity index is 1.98. The molecule has 16 heavy (non-hydrogen) atoms. The van der Waals surface area contributed by atoms with Gasteiger partial charge in [-0.05, 0) is 19.3 Å². The van der Waals surface area contributed by atoms with Crippen LogP contribution in [0.3, 0.4) is 0 Å². The zero-order chi connectivity index (χ0) is 11.4. The summed E-state index contributed by atoms with van der Waals surface area (Å²) in [4.78, 5) is 16.1. The molecular formula is C11H17N3O2. The highest BCUT2D eigenvalue weighted by atomic mass is 16.3. The van der Waals surface area contributed by atoms with Crippen LogP contribution in [0.15, 0.2) is 12.4 Å². The van der Waals surface area contributed by atoms with Crippen molar-refractivity contribution < 1.29 is 9.90 Å². The summed E-state index contributed by atoms with van der Waals surface area (Å²) >= 11 is 0. The van der Waals surface area contributed by atoms with Crippen LogP contribution in [0, 0.1) is 0 Å². The summed E-state index contributed by atoms with van der Waals surface area (Å²) in [5.41, 5.74) is 0. The van der Waals surface area contributed by atoms with Crippen molar-refractivity contribution in [2.45, 2.75) is 31.7 Å². The molecule has 0 aromatic carbocycles. The topological polar surface area (TPSA) is 67.2 Å². The van der Waals surface area contributed by atoms with Crippen LogP contribution < -0.4 is 5.32 Å². The maximum atomic E-state index is 11.9. The van der Waals surface area contributed by atoms with Gasteiger partial charge in [-0.3, -0.25) is 4.79 Å². The number of aryl methyl sites for hydroxylation is 1. The first kappa shape index (κ1) is 11.1. The van der Waals surface area contributed by atoms with Gasteiger partial charge in [-0.25, -0.2) is 4.98 Å². The lowest BCUT2D eigenvalue weighted by molar-refractivity contribution is -0.123. The predicted molar refractivity (Wildman–Crippen MR) is 58.9 cm³/mol. The number of nitrogens with zero attached hydrogens (tertiary/aromatic N) is 2. The van der Waals surface area contributed by atoms with E-state index in [1.165, 1.54) is 0 Å². The summed E-state index contributed by atoms with van der Waals surface area (Å²) in [7, 11) is 0. The Hall–Kier alpha value is -1.36. The Morgan fingerprint density at radius 2 is 2.56 bits per heavy atom.